The molecule has 4 heteroatoms. The normalized spacial score (nSPS) is 11.5. The van der Waals surface area contributed by atoms with Crippen LogP contribution < -0.4 is 0 Å². The highest BCUT2D eigenvalue weighted by molar-refractivity contribution is 5.71. The first-order chi connectivity index (χ1) is 22.6. The summed E-state index contributed by atoms with van der Waals surface area (Å²) in [6.07, 6.45) is 46.3. The van der Waals surface area contributed by atoms with Crippen LogP contribution in [-0.4, -0.2) is 23.1 Å². The molecular formula is C42H82O4. The topological polar surface area (TPSA) is 63.6 Å². The van der Waals surface area contributed by atoms with Gasteiger partial charge in [0.2, 0.25) is 0 Å². The average molecular weight is 651 g/mol. The van der Waals surface area contributed by atoms with E-state index in [0.717, 1.165) is 25.7 Å². The Morgan fingerprint density at radius 3 is 0.913 bits per heavy atom. The van der Waals surface area contributed by atoms with Crippen molar-refractivity contribution in [1.82, 2.24) is 0 Å². The molecule has 274 valence electrons. The van der Waals surface area contributed by atoms with Gasteiger partial charge in [-0.1, -0.05) is 206 Å². The summed E-state index contributed by atoms with van der Waals surface area (Å²) in [5.41, 5.74) is 0. The van der Waals surface area contributed by atoms with E-state index in [1.807, 2.05) is 0 Å². The molecule has 0 fully saturated rings. The summed E-state index contributed by atoms with van der Waals surface area (Å²) in [5.74, 6) is -1.05. The molecule has 0 aromatic rings. The molecule has 0 heterocycles. The minimum atomic E-state index is -0.842. The molecule has 0 aliphatic rings. The van der Waals surface area contributed by atoms with Crippen molar-refractivity contribution in [3.63, 3.8) is 0 Å². The maximum absolute atomic E-state index is 12.4. The van der Waals surface area contributed by atoms with Crippen LogP contribution in [0.3, 0.4) is 0 Å². The summed E-state index contributed by atoms with van der Waals surface area (Å²) in [4.78, 5) is 23.2. The Morgan fingerprint density at radius 2 is 0.652 bits per heavy atom. The van der Waals surface area contributed by atoms with Gasteiger partial charge in [0.15, 0.2) is 0 Å². The van der Waals surface area contributed by atoms with Crippen LogP contribution in [0.5, 0.6) is 0 Å². The minimum absolute atomic E-state index is 0.00983. The molecule has 1 N–H and O–H groups in total. The SMILES string of the molecule is CCCCCCCCCCCCCCCCCCC(CCCCCCCCCCCCCCCCCC)OC(=O)CCCC(=O)O. The molecular weight excluding hydrogens is 568 g/mol. The van der Waals surface area contributed by atoms with E-state index in [4.69, 9.17) is 9.84 Å². The lowest BCUT2D eigenvalue weighted by Gasteiger charge is -2.18. The molecule has 0 bridgehead atoms. The molecule has 0 saturated carbocycles. The number of carboxylic acid groups (broad SMARTS) is 1. The Kier molecular flexibility index (Phi) is 37.5. The number of rotatable bonds is 39. The van der Waals surface area contributed by atoms with Gasteiger partial charge in [-0.3, -0.25) is 9.59 Å². The highest BCUT2D eigenvalue weighted by atomic mass is 16.5. The predicted molar refractivity (Wildman–Crippen MR) is 200 cm³/mol. The number of aliphatic carboxylic acids is 1. The van der Waals surface area contributed by atoms with Crippen LogP contribution in [0.4, 0.5) is 0 Å². The molecule has 4 nitrogen and oxygen atoms in total. The smallest absolute Gasteiger partial charge is 0.306 e. The fourth-order valence-corrected chi connectivity index (χ4v) is 6.73. The van der Waals surface area contributed by atoms with Crippen LogP contribution in [0, 0.1) is 0 Å². The summed E-state index contributed by atoms with van der Waals surface area (Å²) in [7, 11) is 0. The van der Waals surface area contributed by atoms with Crippen molar-refractivity contribution in [2.75, 3.05) is 0 Å². The summed E-state index contributed by atoms with van der Waals surface area (Å²) in [6, 6.07) is 0. The molecule has 0 atom stereocenters. The van der Waals surface area contributed by atoms with Gasteiger partial charge in [0.05, 0.1) is 0 Å². The summed E-state index contributed by atoms with van der Waals surface area (Å²) < 4.78 is 5.85. The molecule has 0 aliphatic carbocycles. The van der Waals surface area contributed by atoms with E-state index in [-0.39, 0.29) is 24.9 Å². The van der Waals surface area contributed by atoms with Gasteiger partial charge in [0.1, 0.15) is 6.10 Å². The van der Waals surface area contributed by atoms with Gasteiger partial charge < -0.3 is 9.84 Å². The standard InChI is InChI=1S/C42H82O4/c1-3-5-7-9-11-13-15-17-19-21-23-25-27-29-31-33-36-40(46-42(45)39-35-38-41(43)44)37-34-32-30-28-26-24-22-20-18-16-14-12-10-8-6-4-2/h40H,3-39H2,1-2H3,(H,43,44). The third-order valence-electron chi connectivity index (χ3n) is 9.83. The van der Waals surface area contributed by atoms with Crippen LogP contribution in [0.25, 0.3) is 0 Å². The highest BCUT2D eigenvalue weighted by Crippen LogP contribution is 2.19. The lowest BCUT2D eigenvalue weighted by atomic mass is 10.0. The van der Waals surface area contributed by atoms with Crippen molar-refractivity contribution in [2.24, 2.45) is 0 Å². The molecule has 0 aliphatic heterocycles. The number of esters is 1. The lowest BCUT2D eigenvalue weighted by Crippen LogP contribution is -2.18. The van der Waals surface area contributed by atoms with Crippen molar-refractivity contribution in [3.8, 4) is 0 Å². The Balaban J connectivity index is 3.86. The van der Waals surface area contributed by atoms with Gasteiger partial charge in [-0.15, -0.1) is 0 Å². The first kappa shape index (κ1) is 44.9. The second kappa shape index (κ2) is 38.4. The van der Waals surface area contributed by atoms with Crippen molar-refractivity contribution in [3.05, 3.63) is 0 Å². The maximum Gasteiger partial charge on any atom is 0.306 e. The van der Waals surface area contributed by atoms with Crippen LogP contribution >= 0.6 is 0 Å². The van der Waals surface area contributed by atoms with E-state index < -0.39 is 5.97 Å². The van der Waals surface area contributed by atoms with Crippen LogP contribution in [0.1, 0.15) is 251 Å². The Morgan fingerprint density at radius 1 is 0.391 bits per heavy atom. The zero-order valence-corrected chi connectivity index (χ0v) is 31.4. The first-order valence-electron chi connectivity index (χ1n) is 21.0. The molecule has 0 spiro atoms. The molecule has 46 heavy (non-hydrogen) atoms. The molecule has 0 radical (unpaired) electrons. The van der Waals surface area contributed by atoms with E-state index in [1.54, 1.807) is 0 Å². The number of unbranched alkanes of at least 4 members (excludes halogenated alkanes) is 30. The van der Waals surface area contributed by atoms with Gasteiger partial charge in [0, 0.05) is 12.8 Å². The van der Waals surface area contributed by atoms with E-state index in [1.165, 1.54) is 193 Å². The fraction of sp³-hybridized carbons (Fsp3) is 0.952. The van der Waals surface area contributed by atoms with Crippen molar-refractivity contribution in [1.29, 1.82) is 0 Å². The van der Waals surface area contributed by atoms with E-state index in [0.29, 0.717) is 6.42 Å². The molecule has 0 aromatic heterocycles. The van der Waals surface area contributed by atoms with Crippen molar-refractivity contribution < 1.29 is 19.4 Å². The summed E-state index contributed by atoms with van der Waals surface area (Å²) in [6.45, 7) is 4.57. The molecule has 0 unspecified atom stereocenters. The zero-order chi connectivity index (χ0) is 33.6. The molecule has 0 rings (SSSR count). The number of carbonyl (C=O) groups is 2. The first-order valence-corrected chi connectivity index (χ1v) is 21.0. The number of hydrogen-bond acceptors (Lipinski definition) is 3. The minimum Gasteiger partial charge on any atom is -0.481 e. The van der Waals surface area contributed by atoms with E-state index in [9.17, 15) is 9.59 Å². The third kappa shape index (κ3) is 37.4. The van der Waals surface area contributed by atoms with Crippen LogP contribution in [0.15, 0.2) is 0 Å². The van der Waals surface area contributed by atoms with Crippen LogP contribution in [-0.2, 0) is 14.3 Å². The Bertz CT molecular complexity index is 583. The Hall–Kier alpha value is -1.06. The average Bonchev–Trinajstić information content (AvgIpc) is 3.04. The van der Waals surface area contributed by atoms with Gasteiger partial charge in [-0.2, -0.15) is 0 Å². The number of carbonyl (C=O) groups excluding carboxylic acids is 1. The predicted octanol–water partition coefficient (Wildman–Crippen LogP) is 14.5. The number of carboxylic acids is 1. The molecule has 0 aromatic carbocycles. The van der Waals surface area contributed by atoms with Gasteiger partial charge in [-0.25, -0.2) is 0 Å². The largest absolute Gasteiger partial charge is 0.481 e. The fourth-order valence-electron chi connectivity index (χ4n) is 6.73. The second-order valence-electron chi connectivity index (χ2n) is 14.5. The zero-order valence-electron chi connectivity index (χ0n) is 31.4. The van der Waals surface area contributed by atoms with E-state index >= 15 is 0 Å². The second-order valence-corrected chi connectivity index (χ2v) is 14.5. The number of ether oxygens (including phenoxy) is 1. The highest BCUT2D eigenvalue weighted by Gasteiger charge is 2.15. The monoisotopic (exact) mass is 651 g/mol. The number of hydrogen-bond donors (Lipinski definition) is 1. The van der Waals surface area contributed by atoms with Crippen molar-refractivity contribution in [2.45, 2.75) is 258 Å². The maximum atomic E-state index is 12.4. The van der Waals surface area contributed by atoms with Gasteiger partial charge in [-0.05, 0) is 32.1 Å². The van der Waals surface area contributed by atoms with Gasteiger partial charge in [0.25, 0.3) is 0 Å². The molecule has 0 saturated heterocycles. The lowest BCUT2D eigenvalue weighted by molar-refractivity contribution is -0.150. The summed E-state index contributed by atoms with van der Waals surface area (Å²) in [5, 5.41) is 8.87. The molecule has 0 amide bonds. The third-order valence-corrected chi connectivity index (χ3v) is 9.83. The summed E-state index contributed by atoms with van der Waals surface area (Å²) >= 11 is 0. The van der Waals surface area contributed by atoms with Crippen LogP contribution in [0.2, 0.25) is 0 Å². The van der Waals surface area contributed by atoms with E-state index in [2.05, 4.69) is 13.8 Å². The Labute approximate surface area is 288 Å². The van der Waals surface area contributed by atoms with Crippen molar-refractivity contribution >= 4 is 11.9 Å². The van der Waals surface area contributed by atoms with Gasteiger partial charge >= 0.3 is 11.9 Å². The quantitative estimate of drug-likeness (QED) is 0.0531.